The van der Waals surface area contributed by atoms with Crippen LogP contribution in [0, 0.1) is 14.0 Å². The van der Waals surface area contributed by atoms with Crippen LogP contribution in [0.1, 0.15) is 6.92 Å². The molecular weight excluding hydrogens is 197 g/mol. The average molecular weight is 207 g/mol. The Morgan fingerprint density at radius 3 is 2.00 bits per heavy atom. The normalized spacial score (nSPS) is 6.11. The molecule has 0 spiro atoms. The number of carboxylic acid groups (broad SMARTS) is 1. The van der Waals surface area contributed by atoms with Crippen LogP contribution >= 0.6 is 0 Å². The molecule has 0 aliphatic heterocycles. The molecule has 0 saturated heterocycles. The van der Waals surface area contributed by atoms with E-state index in [4.69, 9.17) is 5.11 Å². The van der Waals surface area contributed by atoms with Crippen LogP contribution in [0.25, 0.3) is 0 Å². The van der Waals surface area contributed by atoms with Gasteiger partial charge in [-0.15, -0.1) is 0 Å². The third-order valence-electron chi connectivity index (χ3n) is 0.226. The predicted octanol–water partition coefficient (Wildman–Crippen LogP) is 0.717. The quantitative estimate of drug-likeness (QED) is 0.678. The molecule has 0 saturated carbocycles. The van der Waals surface area contributed by atoms with Crippen molar-refractivity contribution in [3.8, 4) is 0 Å². The number of carbonyl (C=O) groups is 1. The number of ether oxygens (including phenoxy) is 1. The first-order valence-electron chi connectivity index (χ1n) is 2.07. The summed E-state index contributed by atoms with van der Waals surface area (Å²) in [7, 11) is 2.84. The van der Waals surface area contributed by atoms with E-state index in [9.17, 15) is 4.79 Å². The van der Waals surface area contributed by atoms with Crippen molar-refractivity contribution in [3.05, 3.63) is 14.0 Å². The minimum Gasteiger partial charge on any atom is -0.547 e. The second-order valence-electron chi connectivity index (χ2n) is 0.742. The van der Waals surface area contributed by atoms with Crippen molar-refractivity contribution in [3.63, 3.8) is 0 Å². The van der Waals surface area contributed by atoms with E-state index in [1.807, 2.05) is 0 Å². The summed E-state index contributed by atoms with van der Waals surface area (Å²) in [6.07, 6.45) is 0. The Hall–Kier alpha value is 0.534. The zero-order valence-corrected chi connectivity index (χ0v) is 8.30. The van der Waals surface area contributed by atoms with Crippen LogP contribution in [0.4, 0.5) is 0 Å². The fourth-order valence-electron chi connectivity index (χ4n) is 0.0873. The second-order valence-corrected chi connectivity index (χ2v) is 0.742. The molecule has 1 radical (unpaired) electrons. The molecule has 9 heavy (non-hydrogen) atoms. The fraction of sp³-hybridized carbons (Fsp3) is 0.400. The van der Waals surface area contributed by atoms with E-state index in [1.165, 1.54) is 0 Å². The van der Waals surface area contributed by atoms with Crippen LogP contribution < -0.4 is 0 Å². The Morgan fingerprint density at radius 2 is 2.00 bits per heavy atom. The van der Waals surface area contributed by atoms with Gasteiger partial charge in [-0.2, -0.15) is 6.92 Å². The van der Waals surface area contributed by atoms with Gasteiger partial charge in [-0.3, -0.25) is 0 Å². The molecule has 0 unspecified atom stereocenters. The van der Waals surface area contributed by atoms with Crippen molar-refractivity contribution in [1.29, 1.82) is 0 Å². The fourth-order valence-corrected chi connectivity index (χ4v) is 0.0873. The summed E-state index contributed by atoms with van der Waals surface area (Å²) in [4.78, 5) is 9.43. The molecular formula is C5H10O3Y-2. The molecule has 0 amide bonds. The SMILES string of the molecule is [CH2-]C.[CH2-]OCC(=O)O.[Y]. The Morgan fingerprint density at radius 1 is 1.67 bits per heavy atom. The number of aliphatic carboxylic acids is 1. The molecule has 53 valence electrons. The van der Waals surface area contributed by atoms with Gasteiger partial charge in [-0.05, 0) is 0 Å². The third kappa shape index (κ3) is 29.2. The van der Waals surface area contributed by atoms with E-state index in [1.54, 1.807) is 6.92 Å². The molecule has 0 aliphatic carbocycles. The summed E-state index contributed by atoms with van der Waals surface area (Å²) in [5.74, 6) is -0.995. The van der Waals surface area contributed by atoms with E-state index in [0.29, 0.717) is 0 Å². The second kappa shape index (κ2) is 15.8. The first kappa shape index (κ1) is 16.3. The molecule has 0 fully saturated rings. The van der Waals surface area contributed by atoms with Crippen molar-refractivity contribution in [2.45, 2.75) is 6.92 Å². The summed E-state index contributed by atoms with van der Waals surface area (Å²) in [6, 6.07) is 0. The molecule has 0 aromatic carbocycles. The molecule has 0 aromatic heterocycles. The van der Waals surface area contributed by atoms with Gasteiger partial charge < -0.3 is 16.8 Å². The van der Waals surface area contributed by atoms with Gasteiger partial charge in [0.2, 0.25) is 0 Å². The largest absolute Gasteiger partial charge is 0.547 e. The zero-order valence-electron chi connectivity index (χ0n) is 5.46. The summed E-state index contributed by atoms with van der Waals surface area (Å²) in [6.45, 7) is 4.68. The number of hydrogen-bond donors (Lipinski definition) is 1. The smallest absolute Gasteiger partial charge is 0.326 e. The van der Waals surface area contributed by atoms with Crippen LogP contribution in [0.3, 0.4) is 0 Å². The molecule has 4 heteroatoms. The van der Waals surface area contributed by atoms with Gasteiger partial charge in [0.15, 0.2) is 0 Å². The summed E-state index contributed by atoms with van der Waals surface area (Å²) in [5.41, 5.74) is 0. The minimum absolute atomic E-state index is 0. The first-order valence-corrected chi connectivity index (χ1v) is 2.07. The van der Waals surface area contributed by atoms with E-state index in [2.05, 4.69) is 18.8 Å². The molecule has 0 atom stereocenters. The Balaban J connectivity index is -0.000000109. The Bertz CT molecular complexity index is 56.2. The van der Waals surface area contributed by atoms with Crippen molar-refractivity contribution >= 4 is 5.97 Å². The third-order valence-corrected chi connectivity index (χ3v) is 0.226. The number of carboxylic acids is 1. The number of hydrogen-bond acceptors (Lipinski definition) is 2. The average Bonchev–Trinajstić information content (AvgIpc) is 1.72. The molecule has 0 aliphatic rings. The summed E-state index contributed by atoms with van der Waals surface area (Å²) in [5, 5.41) is 7.75. The van der Waals surface area contributed by atoms with Gasteiger partial charge in [0.25, 0.3) is 0 Å². The first-order chi connectivity index (χ1) is 3.77. The maximum Gasteiger partial charge on any atom is 0.326 e. The van der Waals surface area contributed by atoms with Gasteiger partial charge >= 0.3 is 5.97 Å². The van der Waals surface area contributed by atoms with Gasteiger partial charge in [0, 0.05) is 32.7 Å². The zero-order chi connectivity index (χ0) is 6.99. The summed E-state index contributed by atoms with van der Waals surface area (Å²) >= 11 is 0. The topological polar surface area (TPSA) is 46.5 Å². The maximum atomic E-state index is 9.43. The van der Waals surface area contributed by atoms with Gasteiger partial charge in [-0.25, -0.2) is 11.9 Å². The van der Waals surface area contributed by atoms with E-state index in [0.717, 1.165) is 0 Å². The van der Waals surface area contributed by atoms with Crippen LogP contribution in [0.2, 0.25) is 0 Å². The van der Waals surface area contributed by atoms with Crippen molar-refractivity contribution in [2.75, 3.05) is 6.61 Å². The van der Waals surface area contributed by atoms with Gasteiger partial charge in [0.05, 0.1) is 0 Å². The molecule has 0 rings (SSSR count). The van der Waals surface area contributed by atoms with E-state index in [-0.39, 0.29) is 39.3 Å². The van der Waals surface area contributed by atoms with E-state index >= 15 is 0 Å². The molecule has 3 nitrogen and oxygen atoms in total. The van der Waals surface area contributed by atoms with Crippen molar-refractivity contribution in [1.82, 2.24) is 0 Å². The van der Waals surface area contributed by atoms with Crippen molar-refractivity contribution in [2.24, 2.45) is 0 Å². The Labute approximate surface area is 80.7 Å². The molecule has 0 bridgehead atoms. The maximum absolute atomic E-state index is 9.43. The molecule has 0 heterocycles. The predicted molar refractivity (Wildman–Crippen MR) is 30.0 cm³/mol. The van der Waals surface area contributed by atoms with Crippen LogP contribution in [0.5, 0.6) is 0 Å². The minimum atomic E-state index is -0.995. The van der Waals surface area contributed by atoms with Crippen molar-refractivity contribution < 1.29 is 47.3 Å². The standard InChI is InChI=1S/C3H5O3.C2H5.Y/c1-6-2-3(4)5;1-2;/h1-2H2,(H,4,5);1H2,2H3;/q2*-1;. The van der Waals surface area contributed by atoms with Crippen LogP contribution in [-0.4, -0.2) is 17.7 Å². The molecule has 0 aromatic rings. The van der Waals surface area contributed by atoms with E-state index < -0.39 is 5.97 Å². The van der Waals surface area contributed by atoms with Gasteiger partial charge in [0.1, 0.15) is 6.61 Å². The Kier molecular flexibility index (Phi) is 28.6. The monoisotopic (exact) mass is 207 g/mol. The molecule has 1 N–H and O–H groups in total. The van der Waals surface area contributed by atoms with Crippen LogP contribution in [0.15, 0.2) is 0 Å². The van der Waals surface area contributed by atoms with Crippen LogP contribution in [-0.2, 0) is 42.2 Å². The summed E-state index contributed by atoms with van der Waals surface area (Å²) < 4.78 is 3.95. The number of rotatable bonds is 2. The van der Waals surface area contributed by atoms with Gasteiger partial charge in [-0.1, -0.05) is 0 Å².